The zero-order valence-electron chi connectivity index (χ0n) is 10.6. The summed E-state index contributed by atoms with van der Waals surface area (Å²) in [5.41, 5.74) is 7.01. The summed E-state index contributed by atoms with van der Waals surface area (Å²) in [6, 6.07) is 4.98. The maximum atomic E-state index is 12.0. The standard InChI is InChI=1S/C14H19ClN2O/c1-2-14(6-3-7-14)9-17-13(18)10-4-5-12(16)11(15)8-10/h4-5,8H,2-3,6-7,9,16H2,1H3,(H,17,18). The first-order valence-electron chi connectivity index (χ1n) is 6.39. The van der Waals surface area contributed by atoms with E-state index in [-0.39, 0.29) is 5.91 Å². The number of halogens is 1. The van der Waals surface area contributed by atoms with Crippen LogP contribution in [0.1, 0.15) is 43.0 Å². The summed E-state index contributed by atoms with van der Waals surface area (Å²) < 4.78 is 0. The van der Waals surface area contributed by atoms with E-state index in [1.807, 2.05) is 0 Å². The SMILES string of the molecule is CCC1(CNC(=O)c2ccc(N)c(Cl)c2)CCC1. The van der Waals surface area contributed by atoms with Crippen molar-refractivity contribution in [3.05, 3.63) is 28.8 Å². The minimum absolute atomic E-state index is 0.0726. The highest BCUT2D eigenvalue weighted by molar-refractivity contribution is 6.33. The van der Waals surface area contributed by atoms with Gasteiger partial charge in [-0.05, 0) is 42.9 Å². The van der Waals surface area contributed by atoms with Crippen LogP contribution in [-0.4, -0.2) is 12.5 Å². The molecule has 98 valence electrons. The van der Waals surface area contributed by atoms with Gasteiger partial charge in [0.25, 0.3) is 5.91 Å². The molecule has 1 aliphatic rings. The number of amides is 1. The molecule has 1 aromatic rings. The minimum Gasteiger partial charge on any atom is -0.398 e. The van der Waals surface area contributed by atoms with Crippen molar-refractivity contribution in [1.29, 1.82) is 0 Å². The van der Waals surface area contributed by atoms with Gasteiger partial charge in [0.05, 0.1) is 10.7 Å². The van der Waals surface area contributed by atoms with Crippen LogP contribution in [0.4, 0.5) is 5.69 Å². The topological polar surface area (TPSA) is 55.1 Å². The molecule has 0 bridgehead atoms. The summed E-state index contributed by atoms with van der Waals surface area (Å²) in [6.45, 7) is 2.94. The number of nitrogens with one attached hydrogen (secondary N) is 1. The molecule has 18 heavy (non-hydrogen) atoms. The number of hydrogen-bond acceptors (Lipinski definition) is 2. The van der Waals surface area contributed by atoms with Crippen LogP contribution in [0.3, 0.4) is 0 Å². The van der Waals surface area contributed by atoms with Crippen molar-refractivity contribution in [2.24, 2.45) is 5.41 Å². The van der Waals surface area contributed by atoms with Crippen molar-refractivity contribution in [1.82, 2.24) is 5.32 Å². The van der Waals surface area contributed by atoms with Crippen molar-refractivity contribution in [3.63, 3.8) is 0 Å². The summed E-state index contributed by atoms with van der Waals surface area (Å²) in [5, 5.41) is 3.43. The average Bonchev–Trinajstić information content (AvgIpc) is 2.31. The van der Waals surface area contributed by atoms with Gasteiger partial charge in [0.15, 0.2) is 0 Å². The van der Waals surface area contributed by atoms with Crippen molar-refractivity contribution in [2.75, 3.05) is 12.3 Å². The normalized spacial score (nSPS) is 17.0. The van der Waals surface area contributed by atoms with E-state index in [0.717, 1.165) is 13.0 Å². The third-order valence-corrected chi connectivity index (χ3v) is 4.38. The molecule has 1 aliphatic carbocycles. The Morgan fingerprint density at radius 3 is 2.72 bits per heavy atom. The second-order valence-electron chi connectivity index (χ2n) is 5.13. The Balaban J connectivity index is 1.97. The van der Waals surface area contributed by atoms with Crippen molar-refractivity contribution < 1.29 is 4.79 Å². The van der Waals surface area contributed by atoms with Crippen LogP contribution >= 0.6 is 11.6 Å². The van der Waals surface area contributed by atoms with Crippen molar-refractivity contribution in [3.8, 4) is 0 Å². The Hall–Kier alpha value is -1.22. The fourth-order valence-corrected chi connectivity index (χ4v) is 2.55. The third kappa shape index (κ3) is 2.61. The maximum Gasteiger partial charge on any atom is 0.251 e. The molecule has 0 aromatic heterocycles. The van der Waals surface area contributed by atoms with E-state index in [0.29, 0.717) is 21.7 Å². The van der Waals surface area contributed by atoms with Crippen LogP contribution in [0, 0.1) is 5.41 Å². The smallest absolute Gasteiger partial charge is 0.251 e. The quantitative estimate of drug-likeness (QED) is 0.822. The maximum absolute atomic E-state index is 12.0. The lowest BCUT2D eigenvalue weighted by Crippen LogP contribution is -2.41. The fraction of sp³-hybridized carbons (Fsp3) is 0.500. The van der Waals surface area contributed by atoms with Gasteiger partial charge in [-0.15, -0.1) is 0 Å². The van der Waals surface area contributed by atoms with E-state index in [4.69, 9.17) is 17.3 Å². The summed E-state index contributed by atoms with van der Waals surface area (Å²) in [6.07, 6.45) is 4.83. The molecule has 0 heterocycles. The van der Waals surface area contributed by atoms with E-state index >= 15 is 0 Å². The van der Waals surface area contributed by atoms with Gasteiger partial charge in [0.2, 0.25) is 0 Å². The highest BCUT2D eigenvalue weighted by atomic mass is 35.5. The zero-order chi connectivity index (χ0) is 13.2. The average molecular weight is 267 g/mol. The van der Waals surface area contributed by atoms with Gasteiger partial charge < -0.3 is 11.1 Å². The number of benzene rings is 1. The fourth-order valence-electron chi connectivity index (χ4n) is 2.37. The molecule has 0 radical (unpaired) electrons. The molecule has 1 fully saturated rings. The number of nitrogen functional groups attached to an aromatic ring is 1. The zero-order valence-corrected chi connectivity index (χ0v) is 11.4. The molecule has 0 aliphatic heterocycles. The van der Waals surface area contributed by atoms with Gasteiger partial charge in [-0.1, -0.05) is 24.9 Å². The monoisotopic (exact) mass is 266 g/mol. The number of carbonyl (C=O) groups is 1. The van der Waals surface area contributed by atoms with Gasteiger partial charge in [-0.3, -0.25) is 4.79 Å². The molecule has 4 heteroatoms. The highest BCUT2D eigenvalue weighted by Gasteiger charge is 2.35. The van der Waals surface area contributed by atoms with E-state index in [9.17, 15) is 4.79 Å². The lowest BCUT2D eigenvalue weighted by Gasteiger charge is -2.41. The number of nitrogens with two attached hydrogens (primary N) is 1. The number of hydrogen-bond donors (Lipinski definition) is 2. The molecule has 3 N–H and O–H groups in total. The molecular weight excluding hydrogens is 248 g/mol. The summed E-state index contributed by atoms with van der Waals surface area (Å²) in [5.74, 6) is -0.0726. The van der Waals surface area contributed by atoms with Crippen molar-refractivity contribution in [2.45, 2.75) is 32.6 Å². The summed E-state index contributed by atoms with van der Waals surface area (Å²) in [7, 11) is 0. The van der Waals surface area contributed by atoms with Crippen LogP contribution < -0.4 is 11.1 Å². The first-order valence-corrected chi connectivity index (χ1v) is 6.77. The molecule has 2 rings (SSSR count). The van der Waals surface area contributed by atoms with Gasteiger partial charge in [0, 0.05) is 12.1 Å². The first kappa shape index (κ1) is 13.2. The number of carbonyl (C=O) groups excluding carboxylic acids is 1. The predicted octanol–water partition coefficient (Wildman–Crippen LogP) is 3.23. The van der Waals surface area contributed by atoms with Crippen LogP contribution in [0.15, 0.2) is 18.2 Å². The second-order valence-corrected chi connectivity index (χ2v) is 5.53. The van der Waals surface area contributed by atoms with Crippen LogP contribution in [0.2, 0.25) is 5.02 Å². The van der Waals surface area contributed by atoms with Crippen LogP contribution in [0.5, 0.6) is 0 Å². The van der Waals surface area contributed by atoms with E-state index < -0.39 is 0 Å². The first-order chi connectivity index (χ1) is 8.56. The Labute approximate surface area is 113 Å². The van der Waals surface area contributed by atoms with Crippen LogP contribution in [0.25, 0.3) is 0 Å². The second kappa shape index (κ2) is 5.19. The molecule has 0 saturated heterocycles. The highest BCUT2D eigenvalue weighted by Crippen LogP contribution is 2.43. The molecule has 1 saturated carbocycles. The number of anilines is 1. The van der Waals surface area contributed by atoms with Gasteiger partial charge in [0.1, 0.15) is 0 Å². The molecular formula is C14H19ClN2O. The van der Waals surface area contributed by atoms with Gasteiger partial charge >= 0.3 is 0 Å². The number of rotatable bonds is 4. The van der Waals surface area contributed by atoms with Gasteiger partial charge in [-0.25, -0.2) is 0 Å². The molecule has 0 atom stereocenters. The Bertz CT molecular complexity index is 450. The Morgan fingerprint density at radius 2 is 2.22 bits per heavy atom. The van der Waals surface area contributed by atoms with Crippen LogP contribution in [-0.2, 0) is 0 Å². The molecule has 0 spiro atoms. The third-order valence-electron chi connectivity index (χ3n) is 4.05. The Morgan fingerprint density at radius 1 is 1.50 bits per heavy atom. The Kier molecular flexibility index (Phi) is 3.81. The van der Waals surface area contributed by atoms with E-state index in [1.165, 1.54) is 19.3 Å². The van der Waals surface area contributed by atoms with Gasteiger partial charge in [-0.2, -0.15) is 0 Å². The molecule has 3 nitrogen and oxygen atoms in total. The van der Waals surface area contributed by atoms with Crippen molar-refractivity contribution >= 4 is 23.2 Å². The summed E-state index contributed by atoms with van der Waals surface area (Å²) in [4.78, 5) is 12.0. The minimum atomic E-state index is -0.0726. The molecule has 0 unspecified atom stereocenters. The lowest BCUT2D eigenvalue weighted by atomic mass is 9.67. The molecule has 1 amide bonds. The van der Waals surface area contributed by atoms with E-state index in [1.54, 1.807) is 18.2 Å². The summed E-state index contributed by atoms with van der Waals surface area (Å²) >= 11 is 5.91. The predicted molar refractivity (Wildman–Crippen MR) is 74.8 cm³/mol. The van der Waals surface area contributed by atoms with E-state index in [2.05, 4.69) is 12.2 Å². The molecule has 1 aromatic carbocycles. The lowest BCUT2D eigenvalue weighted by molar-refractivity contribution is 0.0850. The largest absolute Gasteiger partial charge is 0.398 e.